The Bertz CT molecular complexity index is 356. The quantitative estimate of drug-likeness (QED) is 0.680. The first-order chi connectivity index (χ1) is 7.38. The second kappa shape index (κ2) is 3.40. The van der Waals surface area contributed by atoms with Crippen molar-refractivity contribution in [1.82, 2.24) is 4.98 Å². The van der Waals surface area contributed by atoms with Gasteiger partial charge in [0.2, 0.25) is 0 Å². The highest BCUT2D eigenvalue weighted by atomic mass is 15.1. The van der Waals surface area contributed by atoms with Gasteiger partial charge in [-0.15, -0.1) is 0 Å². The standard InChI is InChI=1S/C12H17N3/c1-2-5-12(6-3-1)9-14-11-8-13-7-4-10(11)15-12/h4,7-8,14-15H,1-3,5-6,9H2. The number of anilines is 2. The van der Waals surface area contributed by atoms with Gasteiger partial charge in [0, 0.05) is 12.7 Å². The number of nitrogens with one attached hydrogen (secondary N) is 2. The second-order valence-corrected chi connectivity index (χ2v) is 4.74. The number of fused-ring (bicyclic) bond motifs is 1. The Morgan fingerprint density at radius 1 is 1.13 bits per heavy atom. The SMILES string of the molecule is c1cc2c(cn1)NCC1(CCCCC1)N2. The van der Waals surface area contributed by atoms with Crippen LogP contribution < -0.4 is 10.6 Å². The maximum atomic E-state index is 4.13. The largest absolute Gasteiger partial charge is 0.380 e. The summed E-state index contributed by atoms with van der Waals surface area (Å²) in [5, 5.41) is 7.21. The Kier molecular flexibility index (Phi) is 2.04. The van der Waals surface area contributed by atoms with E-state index in [1.165, 1.54) is 37.8 Å². The average molecular weight is 203 g/mol. The van der Waals surface area contributed by atoms with Crippen molar-refractivity contribution in [3.8, 4) is 0 Å². The summed E-state index contributed by atoms with van der Waals surface area (Å²) >= 11 is 0. The third-order valence-corrected chi connectivity index (χ3v) is 3.65. The van der Waals surface area contributed by atoms with Crippen LogP contribution in [0.3, 0.4) is 0 Å². The molecule has 0 radical (unpaired) electrons. The normalized spacial score (nSPS) is 22.7. The Morgan fingerprint density at radius 2 is 2.00 bits per heavy atom. The molecule has 1 spiro atoms. The Balaban J connectivity index is 1.87. The molecule has 80 valence electrons. The molecule has 1 aliphatic heterocycles. The van der Waals surface area contributed by atoms with Gasteiger partial charge in [0.15, 0.2) is 0 Å². The molecule has 2 heterocycles. The molecular formula is C12H17N3. The minimum absolute atomic E-state index is 0.312. The molecule has 0 saturated heterocycles. The molecule has 1 aromatic rings. The first-order valence-corrected chi connectivity index (χ1v) is 5.84. The predicted molar refractivity (Wildman–Crippen MR) is 62.2 cm³/mol. The smallest absolute Gasteiger partial charge is 0.0763 e. The van der Waals surface area contributed by atoms with Crippen LogP contribution in [0.1, 0.15) is 32.1 Å². The van der Waals surface area contributed by atoms with Crippen LogP contribution in [0, 0.1) is 0 Å². The summed E-state index contributed by atoms with van der Waals surface area (Å²) < 4.78 is 0. The van der Waals surface area contributed by atoms with Crippen molar-refractivity contribution in [3.05, 3.63) is 18.5 Å². The van der Waals surface area contributed by atoms with Crippen molar-refractivity contribution < 1.29 is 0 Å². The summed E-state index contributed by atoms with van der Waals surface area (Å²) in [4.78, 5) is 4.13. The first kappa shape index (κ1) is 9.01. The van der Waals surface area contributed by atoms with Crippen molar-refractivity contribution in [3.63, 3.8) is 0 Å². The molecule has 1 saturated carbocycles. The van der Waals surface area contributed by atoms with E-state index in [9.17, 15) is 0 Å². The van der Waals surface area contributed by atoms with E-state index >= 15 is 0 Å². The van der Waals surface area contributed by atoms with Gasteiger partial charge in [0.25, 0.3) is 0 Å². The van der Waals surface area contributed by atoms with Crippen molar-refractivity contribution in [1.29, 1.82) is 0 Å². The van der Waals surface area contributed by atoms with Crippen LogP contribution in [0.5, 0.6) is 0 Å². The number of aromatic nitrogens is 1. The summed E-state index contributed by atoms with van der Waals surface area (Å²) in [5.41, 5.74) is 2.68. The lowest BCUT2D eigenvalue weighted by molar-refractivity contribution is 0.334. The van der Waals surface area contributed by atoms with Gasteiger partial charge in [-0.2, -0.15) is 0 Å². The summed E-state index contributed by atoms with van der Waals surface area (Å²) in [6.07, 6.45) is 10.5. The van der Waals surface area contributed by atoms with Crippen LogP contribution in [0.4, 0.5) is 11.4 Å². The van der Waals surface area contributed by atoms with E-state index in [1.807, 2.05) is 12.4 Å². The Morgan fingerprint density at radius 3 is 2.87 bits per heavy atom. The van der Waals surface area contributed by atoms with Gasteiger partial charge in [-0.25, -0.2) is 0 Å². The van der Waals surface area contributed by atoms with E-state index in [0.29, 0.717) is 5.54 Å². The van der Waals surface area contributed by atoms with E-state index in [2.05, 4.69) is 21.7 Å². The fraction of sp³-hybridized carbons (Fsp3) is 0.583. The van der Waals surface area contributed by atoms with Crippen LogP contribution in [0.15, 0.2) is 18.5 Å². The van der Waals surface area contributed by atoms with Crippen LogP contribution in [0.25, 0.3) is 0 Å². The molecule has 1 aromatic heterocycles. The van der Waals surface area contributed by atoms with Crippen LogP contribution in [-0.2, 0) is 0 Å². The number of pyridine rings is 1. The molecule has 1 fully saturated rings. The maximum absolute atomic E-state index is 4.13. The maximum Gasteiger partial charge on any atom is 0.0763 e. The monoisotopic (exact) mass is 203 g/mol. The van der Waals surface area contributed by atoms with Gasteiger partial charge in [0.1, 0.15) is 0 Å². The second-order valence-electron chi connectivity index (χ2n) is 4.74. The summed E-state index contributed by atoms with van der Waals surface area (Å²) in [6.45, 7) is 1.05. The predicted octanol–water partition coefficient (Wildman–Crippen LogP) is 2.62. The minimum Gasteiger partial charge on any atom is -0.380 e. The molecule has 3 rings (SSSR count). The van der Waals surface area contributed by atoms with Crippen LogP contribution >= 0.6 is 0 Å². The molecule has 0 amide bonds. The zero-order valence-corrected chi connectivity index (χ0v) is 8.92. The molecule has 0 unspecified atom stereocenters. The third-order valence-electron chi connectivity index (χ3n) is 3.65. The van der Waals surface area contributed by atoms with Gasteiger partial charge >= 0.3 is 0 Å². The summed E-state index contributed by atoms with van der Waals surface area (Å²) in [7, 11) is 0. The Labute approximate surface area is 90.3 Å². The fourth-order valence-electron chi connectivity index (χ4n) is 2.77. The van der Waals surface area contributed by atoms with E-state index in [4.69, 9.17) is 0 Å². The van der Waals surface area contributed by atoms with Crippen molar-refractivity contribution in [2.75, 3.05) is 17.2 Å². The highest BCUT2D eigenvalue weighted by molar-refractivity contribution is 5.70. The van der Waals surface area contributed by atoms with E-state index in [-0.39, 0.29) is 0 Å². The van der Waals surface area contributed by atoms with Gasteiger partial charge in [-0.1, -0.05) is 19.3 Å². The first-order valence-electron chi connectivity index (χ1n) is 5.84. The van der Waals surface area contributed by atoms with E-state index in [0.717, 1.165) is 12.2 Å². The molecule has 2 N–H and O–H groups in total. The van der Waals surface area contributed by atoms with Gasteiger partial charge in [0.05, 0.1) is 23.1 Å². The topological polar surface area (TPSA) is 37.0 Å². The highest BCUT2D eigenvalue weighted by Gasteiger charge is 2.34. The fourth-order valence-corrected chi connectivity index (χ4v) is 2.77. The third kappa shape index (κ3) is 1.56. The molecule has 0 atom stereocenters. The molecule has 3 heteroatoms. The number of nitrogens with zero attached hydrogens (tertiary/aromatic N) is 1. The highest BCUT2D eigenvalue weighted by Crippen LogP contribution is 2.37. The molecule has 0 aromatic carbocycles. The van der Waals surface area contributed by atoms with E-state index < -0.39 is 0 Å². The number of hydrogen-bond acceptors (Lipinski definition) is 3. The molecule has 15 heavy (non-hydrogen) atoms. The van der Waals surface area contributed by atoms with Crippen molar-refractivity contribution in [2.24, 2.45) is 0 Å². The van der Waals surface area contributed by atoms with E-state index in [1.54, 1.807) is 0 Å². The molecule has 2 aliphatic rings. The summed E-state index contributed by atoms with van der Waals surface area (Å²) in [6, 6.07) is 2.07. The van der Waals surface area contributed by atoms with Crippen molar-refractivity contribution in [2.45, 2.75) is 37.6 Å². The van der Waals surface area contributed by atoms with Crippen molar-refractivity contribution >= 4 is 11.4 Å². The average Bonchev–Trinajstić information content (AvgIpc) is 2.30. The lowest BCUT2D eigenvalue weighted by atomic mass is 9.80. The Hall–Kier alpha value is -1.25. The summed E-state index contributed by atoms with van der Waals surface area (Å²) in [5.74, 6) is 0. The minimum atomic E-state index is 0.312. The van der Waals surface area contributed by atoms with Crippen LogP contribution in [-0.4, -0.2) is 17.1 Å². The van der Waals surface area contributed by atoms with Crippen LogP contribution in [0.2, 0.25) is 0 Å². The van der Waals surface area contributed by atoms with Gasteiger partial charge in [-0.3, -0.25) is 4.98 Å². The lowest BCUT2D eigenvalue weighted by Gasteiger charge is -2.43. The van der Waals surface area contributed by atoms with Gasteiger partial charge < -0.3 is 10.6 Å². The van der Waals surface area contributed by atoms with Gasteiger partial charge in [-0.05, 0) is 18.9 Å². The zero-order chi connectivity index (χ0) is 10.1. The molecular weight excluding hydrogens is 186 g/mol. The zero-order valence-electron chi connectivity index (χ0n) is 8.92. The lowest BCUT2D eigenvalue weighted by Crippen LogP contribution is -2.49. The number of hydrogen-bond donors (Lipinski definition) is 2. The molecule has 0 bridgehead atoms. The molecule has 3 nitrogen and oxygen atoms in total. The molecule has 1 aliphatic carbocycles. The number of rotatable bonds is 0.